The van der Waals surface area contributed by atoms with E-state index < -0.39 is 34.9 Å². The summed E-state index contributed by atoms with van der Waals surface area (Å²) in [4.78, 5) is 60.6. The van der Waals surface area contributed by atoms with Crippen LogP contribution in [0.3, 0.4) is 0 Å². The van der Waals surface area contributed by atoms with Crippen molar-refractivity contribution in [2.24, 2.45) is 21.6 Å². The van der Waals surface area contributed by atoms with Crippen molar-refractivity contribution in [3.63, 3.8) is 0 Å². The van der Waals surface area contributed by atoms with E-state index in [4.69, 9.17) is 17.2 Å². The van der Waals surface area contributed by atoms with Crippen LogP contribution in [0.1, 0.15) is 12.2 Å². The van der Waals surface area contributed by atoms with Gasteiger partial charge in [-0.1, -0.05) is 5.16 Å². The summed E-state index contributed by atoms with van der Waals surface area (Å²) < 4.78 is 3.80. The molecule has 37 heavy (non-hydrogen) atoms. The van der Waals surface area contributed by atoms with Gasteiger partial charge in [-0.2, -0.15) is 9.36 Å². The van der Waals surface area contributed by atoms with Crippen LogP contribution in [0.2, 0.25) is 0 Å². The molecular formula is C19H22N10O6S2. The number of nitrogen functional groups attached to an aromatic ring is 1. The molecule has 2 saturated heterocycles. The summed E-state index contributed by atoms with van der Waals surface area (Å²) in [5, 5.41) is 23.8. The van der Waals surface area contributed by atoms with Crippen molar-refractivity contribution in [2.75, 3.05) is 31.1 Å². The van der Waals surface area contributed by atoms with Crippen LogP contribution >= 0.6 is 23.3 Å². The highest BCUT2D eigenvalue weighted by Crippen LogP contribution is 2.41. The Balaban J connectivity index is 1.49. The van der Waals surface area contributed by atoms with E-state index in [1.165, 1.54) is 17.8 Å². The summed E-state index contributed by atoms with van der Waals surface area (Å²) in [6, 6.07) is -1.08. The maximum Gasteiger partial charge on any atom is 0.352 e. The average molecular weight is 551 g/mol. The number of rotatable bonds is 8. The molecule has 4 heterocycles. The van der Waals surface area contributed by atoms with Crippen LogP contribution in [0.15, 0.2) is 33.1 Å². The second-order valence-electron chi connectivity index (χ2n) is 7.96. The maximum atomic E-state index is 12.9. The zero-order chi connectivity index (χ0) is 26.9. The van der Waals surface area contributed by atoms with Crippen LogP contribution in [0.4, 0.5) is 5.13 Å². The SMILES string of the molecule is NC(N)=NCCN1CC/C(=C\C2=C(C(=O)O)N3C(=O)[C@@H](NC(=O)/C(=N\O)c4nsc(N)n4)[C@H]3SC2)C1=O. The number of allylic oxidation sites excluding steroid dienone is 1. The number of hydrogen-bond acceptors (Lipinski definition) is 12. The van der Waals surface area contributed by atoms with Gasteiger partial charge in [0.1, 0.15) is 17.1 Å². The minimum atomic E-state index is -1.34. The lowest BCUT2D eigenvalue weighted by Crippen LogP contribution is -2.71. The number of likely N-dealkylation sites (tertiary alicyclic amines) is 1. The Morgan fingerprint density at radius 3 is 2.68 bits per heavy atom. The minimum Gasteiger partial charge on any atom is -0.477 e. The number of nitrogens with one attached hydrogen (secondary N) is 1. The highest BCUT2D eigenvalue weighted by Gasteiger charge is 2.54. The number of thioether (sulfide) groups is 1. The highest BCUT2D eigenvalue weighted by atomic mass is 32.2. The van der Waals surface area contributed by atoms with Crippen LogP contribution in [0.25, 0.3) is 0 Å². The summed E-state index contributed by atoms with van der Waals surface area (Å²) in [7, 11) is 0. The Morgan fingerprint density at radius 1 is 1.30 bits per heavy atom. The van der Waals surface area contributed by atoms with E-state index in [1.54, 1.807) is 4.90 Å². The summed E-state index contributed by atoms with van der Waals surface area (Å²) in [5.41, 5.74) is 16.0. The monoisotopic (exact) mass is 550 g/mol. The molecule has 0 spiro atoms. The number of carboxylic acids is 1. The number of carbonyl (C=O) groups excluding carboxylic acids is 3. The summed E-state index contributed by atoms with van der Waals surface area (Å²) in [6.07, 6.45) is 1.90. The van der Waals surface area contributed by atoms with Gasteiger partial charge in [0.15, 0.2) is 11.1 Å². The molecule has 16 nitrogen and oxygen atoms in total. The number of fused-ring (bicyclic) bond motifs is 1. The number of aliphatic imine (C=N–C) groups is 1. The number of β-lactam (4-membered cyclic amide) rings is 1. The number of carboxylic acid groups (broad SMARTS) is 1. The number of aliphatic carboxylic acids is 1. The number of anilines is 1. The van der Waals surface area contributed by atoms with Crippen molar-refractivity contribution in [2.45, 2.75) is 17.8 Å². The van der Waals surface area contributed by atoms with Crippen molar-refractivity contribution in [1.29, 1.82) is 0 Å². The first-order chi connectivity index (χ1) is 17.6. The van der Waals surface area contributed by atoms with Crippen LogP contribution < -0.4 is 22.5 Å². The van der Waals surface area contributed by atoms with Crippen LogP contribution in [-0.2, 0) is 19.2 Å². The molecule has 0 unspecified atom stereocenters. The predicted octanol–water partition coefficient (Wildman–Crippen LogP) is -2.53. The Morgan fingerprint density at radius 2 is 2.05 bits per heavy atom. The van der Waals surface area contributed by atoms with Crippen molar-refractivity contribution in [3.05, 3.63) is 28.7 Å². The van der Waals surface area contributed by atoms with Gasteiger partial charge in [-0.25, -0.2) is 4.79 Å². The lowest BCUT2D eigenvalue weighted by molar-refractivity contribution is -0.150. The Hall–Kier alpha value is -4.19. The molecule has 1 aromatic heterocycles. The molecule has 3 aliphatic rings. The number of amides is 3. The molecule has 9 N–H and O–H groups in total. The zero-order valence-electron chi connectivity index (χ0n) is 19.0. The van der Waals surface area contributed by atoms with Crippen molar-refractivity contribution < 1.29 is 29.5 Å². The van der Waals surface area contributed by atoms with Gasteiger partial charge >= 0.3 is 5.97 Å². The van der Waals surface area contributed by atoms with Gasteiger partial charge in [0.25, 0.3) is 11.8 Å². The van der Waals surface area contributed by atoms with Gasteiger partial charge in [0.2, 0.25) is 17.4 Å². The van der Waals surface area contributed by atoms with Gasteiger partial charge < -0.3 is 37.7 Å². The summed E-state index contributed by atoms with van der Waals surface area (Å²) in [5.74, 6) is -3.31. The number of carbonyl (C=O) groups is 4. The van der Waals surface area contributed by atoms with E-state index in [1.807, 2.05) is 0 Å². The lowest BCUT2D eigenvalue weighted by atomic mass is 10.0. The number of hydrogen-bond donors (Lipinski definition) is 6. The first-order valence-corrected chi connectivity index (χ1v) is 12.5. The summed E-state index contributed by atoms with van der Waals surface area (Å²) in [6.45, 7) is 0.983. The molecule has 2 atom stereocenters. The third kappa shape index (κ3) is 5.05. The molecule has 2 fully saturated rings. The molecule has 1 aromatic rings. The molecule has 196 valence electrons. The fraction of sp³-hybridized carbons (Fsp3) is 0.368. The average Bonchev–Trinajstić information content (AvgIpc) is 3.42. The van der Waals surface area contributed by atoms with E-state index in [2.05, 4.69) is 24.8 Å². The van der Waals surface area contributed by atoms with E-state index in [9.17, 15) is 29.5 Å². The normalized spacial score (nSPS) is 22.7. The third-order valence-corrected chi connectivity index (χ3v) is 7.53. The molecule has 0 aliphatic carbocycles. The maximum absolute atomic E-state index is 12.9. The highest BCUT2D eigenvalue weighted by molar-refractivity contribution is 8.00. The largest absolute Gasteiger partial charge is 0.477 e. The summed E-state index contributed by atoms with van der Waals surface area (Å²) >= 11 is 2.01. The van der Waals surface area contributed by atoms with E-state index in [0.29, 0.717) is 30.7 Å². The van der Waals surface area contributed by atoms with Gasteiger partial charge in [0, 0.05) is 35.9 Å². The second kappa shape index (κ2) is 10.4. The standard InChI is InChI=1S/C19H22N10O6S2/c20-18(21)23-2-4-28-3-1-7(14(28)31)5-8-6-36-16-10(15(32)29(16)11(8)17(33)34)24-13(30)9(26-35)12-25-19(22)37-27-12/h5,10,16,35H,1-4,6H2,(H,24,30)(H,33,34)(H4,20,21,23)(H2,22,25,27)/b7-5+,26-9-/t10-,16-/m1/s1. The van der Waals surface area contributed by atoms with Crippen LogP contribution in [-0.4, -0.2) is 102 Å². The second-order valence-corrected chi connectivity index (χ2v) is 9.85. The molecule has 4 rings (SSSR count). The number of nitrogens with two attached hydrogens (primary N) is 3. The van der Waals surface area contributed by atoms with Crippen LogP contribution in [0.5, 0.6) is 0 Å². The predicted molar refractivity (Wildman–Crippen MR) is 132 cm³/mol. The first-order valence-electron chi connectivity index (χ1n) is 10.7. The van der Waals surface area contributed by atoms with Crippen LogP contribution in [0, 0.1) is 0 Å². The third-order valence-electron chi connectivity index (χ3n) is 5.68. The molecule has 3 aliphatic heterocycles. The quantitative estimate of drug-likeness (QED) is 0.0489. The van der Waals surface area contributed by atoms with E-state index in [-0.39, 0.29) is 40.8 Å². The van der Waals surface area contributed by atoms with E-state index in [0.717, 1.165) is 16.4 Å². The van der Waals surface area contributed by atoms with Gasteiger partial charge in [-0.3, -0.25) is 24.3 Å². The topological polar surface area (TPSA) is 256 Å². The molecule has 0 aromatic carbocycles. The van der Waals surface area contributed by atoms with Crippen molar-refractivity contribution in [3.8, 4) is 0 Å². The molecule has 0 radical (unpaired) electrons. The first kappa shape index (κ1) is 25.9. The smallest absolute Gasteiger partial charge is 0.352 e. The number of guanidine groups is 1. The zero-order valence-corrected chi connectivity index (χ0v) is 20.7. The number of aromatic nitrogens is 2. The Kier molecular flexibility index (Phi) is 7.30. The molecule has 0 saturated carbocycles. The molecular weight excluding hydrogens is 528 g/mol. The van der Waals surface area contributed by atoms with Gasteiger partial charge in [-0.15, -0.1) is 11.8 Å². The minimum absolute atomic E-state index is 0.0493. The Labute approximate surface area is 217 Å². The van der Waals surface area contributed by atoms with E-state index >= 15 is 0 Å². The molecule has 0 bridgehead atoms. The fourth-order valence-electron chi connectivity index (χ4n) is 4.01. The molecule has 3 amide bonds. The fourth-order valence-corrected chi connectivity index (χ4v) is 5.75. The molecule has 18 heteroatoms. The van der Waals surface area contributed by atoms with Gasteiger partial charge in [0.05, 0.1) is 6.54 Å². The van der Waals surface area contributed by atoms with Crippen molar-refractivity contribution in [1.82, 2.24) is 24.5 Å². The lowest BCUT2D eigenvalue weighted by Gasteiger charge is -2.49. The van der Waals surface area contributed by atoms with Gasteiger partial charge in [-0.05, 0) is 18.1 Å². The van der Waals surface area contributed by atoms with Crippen molar-refractivity contribution >= 4 is 63.8 Å². The Bertz CT molecular complexity index is 1280. The number of nitrogens with zero attached hydrogens (tertiary/aromatic N) is 6. The number of oxime groups is 1.